The highest BCUT2D eigenvalue weighted by Crippen LogP contribution is 2.30. The van der Waals surface area contributed by atoms with Gasteiger partial charge in [0.15, 0.2) is 17.3 Å². The highest BCUT2D eigenvalue weighted by molar-refractivity contribution is 7.17. The van der Waals surface area contributed by atoms with E-state index >= 15 is 0 Å². The molecule has 0 amide bonds. The first kappa shape index (κ1) is 12.7. The van der Waals surface area contributed by atoms with E-state index in [9.17, 15) is 9.18 Å². The molecule has 1 aromatic carbocycles. The van der Waals surface area contributed by atoms with Crippen molar-refractivity contribution in [3.05, 3.63) is 34.6 Å². The molecule has 0 saturated heterocycles. The van der Waals surface area contributed by atoms with Crippen LogP contribution in [0.5, 0.6) is 5.75 Å². The summed E-state index contributed by atoms with van der Waals surface area (Å²) in [5, 5.41) is 0.638. The summed E-state index contributed by atoms with van der Waals surface area (Å²) in [5.41, 5.74) is 1.33. The molecule has 0 fully saturated rings. The standard InChI is InChI=1S/C13H12FNO2S/c1-7-12(8(2)16)18-13(15-7)9-4-5-11(17-3)10(14)6-9/h4-6H,1-3H3. The Morgan fingerprint density at radius 1 is 1.44 bits per heavy atom. The number of aryl methyl sites for hydroxylation is 1. The van der Waals surface area contributed by atoms with Crippen LogP contribution in [0.25, 0.3) is 10.6 Å². The van der Waals surface area contributed by atoms with Crippen molar-refractivity contribution in [3.63, 3.8) is 0 Å². The number of aromatic nitrogens is 1. The Labute approximate surface area is 108 Å². The van der Waals surface area contributed by atoms with Crippen LogP contribution in [0.3, 0.4) is 0 Å². The number of ether oxygens (including phenoxy) is 1. The van der Waals surface area contributed by atoms with Gasteiger partial charge in [0.05, 0.1) is 17.7 Å². The third-order valence-corrected chi connectivity index (χ3v) is 3.82. The summed E-state index contributed by atoms with van der Waals surface area (Å²) in [6, 6.07) is 4.64. The molecule has 2 rings (SSSR count). The largest absolute Gasteiger partial charge is 0.494 e. The summed E-state index contributed by atoms with van der Waals surface area (Å²) in [5.74, 6) is -0.267. The zero-order valence-electron chi connectivity index (χ0n) is 10.3. The van der Waals surface area contributed by atoms with Crippen LogP contribution >= 0.6 is 11.3 Å². The van der Waals surface area contributed by atoms with Crippen molar-refractivity contribution < 1.29 is 13.9 Å². The number of halogens is 1. The molecule has 1 heterocycles. The molecule has 94 valence electrons. The van der Waals surface area contributed by atoms with Gasteiger partial charge in [-0.2, -0.15) is 0 Å². The summed E-state index contributed by atoms with van der Waals surface area (Å²) < 4.78 is 18.4. The molecule has 0 aliphatic rings. The summed E-state index contributed by atoms with van der Waals surface area (Å²) in [4.78, 5) is 16.3. The number of ketones is 1. The molecule has 0 unspecified atom stereocenters. The number of carbonyl (C=O) groups excluding carboxylic acids is 1. The van der Waals surface area contributed by atoms with E-state index in [2.05, 4.69) is 4.98 Å². The Bertz CT molecular complexity index is 607. The fourth-order valence-corrected chi connectivity index (χ4v) is 2.60. The molecular weight excluding hydrogens is 253 g/mol. The molecule has 0 saturated carbocycles. The Hall–Kier alpha value is -1.75. The van der Waals surface area contributed by atoms with Crippen molar-refractivity contribution in [1.82, 2.24) is 4.98 Å². The normalized spacial score (nSPS) is 10.4. The fourth-order valence-electron chi connectivity index (χ4n) is 1.65. The van der Waals surface area contributed by atoms with Gasteiger partial charge in [-0.05, 0) is 25.1 Å². The topological polar surface area (TPSA) is 39.2 Å². The first-order valence-corrected chi connectivity index (χ1v) is 6.17. The number of thiazole rings is 1. The number of nitrogens with zero attached hydrogens (tertiary/aromatic N) is 1. The predicted molar refractivity (Wildman–Crippen MR) is 68.8 cm³/mol. The highest BCUT2D eigenvalue weighted by Gasteiger charge is 2.14. The minimum Gasteiger partial charge on any atom is -0.494 e. The van der Waals surface area contributed by atoms with Crippen molar-refractivity contribution in [3.8, 4) is 16.3 Å². The minimum absolute atomic E-state index is 0.0229. The van der Waals surface area contributed by atoms with E-state index in [1.165, 1.54) is 31.4 Å². The molecular formula is C13H12FNO2S. The van der Waals surface area contributed by atoms with Gasteiger partial charge in [0.1, 0.15) is 5.01 Å². The molecule has 0 atom stereocenters. The van der Waals surface area contributed by atoms with E-state index < -0.39 is 5.82 Å². The van der Waals surface area contributed by atoms with E-state index in [0.29, 0.717) is 21.1 Å². The van der Waals surface area contributed by atoms with Crippen molar-refractivity contribution in [1.29, 1.82) is 0 Å². The third kappa shape index (κ3) is 2.26. The highest BCUT2D eigenvalue weighted by atomic mass is 32.1. The average molecular weight is 265 g/mol. The lowest BCUT2D eigenvalue weighted by Gasteiger charge is -2.02. The van der Waals surface area contributed by atoms with Crippen LogP contribution in [0.1, 0.15) is 22.3 Å². The number of methoxy groups -OCH3 is 1. The average Bonchev–Trinajstić information content (AvgIpc) is 2.71. The third-order valence-electron chi connectivity index (χ3n) is 2.52. The zero-order valence-corrected chi connectivity index (χ0v) is 11.1. The second-order valence-electron chi connectivity index (χ2n) is 3.84. The van der Waals surface area contributed by atoms with Gasteiger partial charge >= 0.3 is 0 Å². The molecule has 3 nitrogen and oxygen atoms in total. The van der Waals surface area contributed by atoms with Crippen LogP contribution in [0.2, 0.25) is 0 Å². The van der Waals surface area contributed by atoms with Gasteiger partial charge in [-0.3, -0.25) is 4.79 Å². The molecule has 0 aliphatic heterocycles. The van der Waals surface area contributed by atoms with Gasteiger partial charge < -0.3 is 4.74 Å². The predicted octanol–water partition coefficient (Wildman–Crippen LogP) is 3.47. The van der Waals surface area contributed by atoms with E-state index in [1.54, 1.807) is 19.1 Å². The van der Waals surface area contributed by atoms with E-state index in [0.717, 1.165) is 0 Å². The molecule has 1 aromatic heterocycles. The van der Waals surface area contributed by atoms with Gasteiger partial charge in [-0.25, -0.2) is 9.37 Å². The van der Waals surface area contributed by atoms with E-state index in [1.807, 2.05) is 0 Å². The van der Waals surface area contributed by atoms with Gasteiger partial charge in [-0.15, -0.1) is 11.3 Å². The minimum atomic E-state index is -0.438. The lowest BCUT2D eigenvalue weighted by molar-refractivity contribution is 0.102. The quantitative estimate of drug-likeness (QED) is 0.798. The second-order valence-corrected chi connectivity index (χ2v) is 4.84. The van der Waals surface area contributed by atoms with Crippen molar-refractivity contribution in [2.24, 2.45) is 0 Å². The van der Waals surface area contributed by atoms with E-state index in [-0.39, 0.29) is 11.5 Å². The lowest BCUT2D eigenvalue weighted by Crippen LogP contribution is -1.89. The van der Waals surface area contributed by atoms with Crippen LogP contribution in [-0.2, 0) is 0 Å². The maximum atomic E-state index is 13.6. The van der Waals surface area contributed by atoms with Gasteiger partial charge in [0, 0.05) is 12.5 Å². The number of carbonyl (C=O) groups is 1. The summed E-state index contributed by atoms with van der Waals surface area (Å²) in [6.07, 6.45) is 0. The number of hydrogen-bond donors (Lipinski definition) is 0. The lowest BCUT2D eigenvalue weighted by atomic mass is 10.2. The summed E-state index contributed by atoms with van der Waals surface area (Å²) in [7, 11) is 1.42. The van der Waals surface area contributed by atoms with E-state index in [4.69, 9.17) is 4.74 Å². The monoisotopic (exact) mass is 265 g/mol. The summed E-state index contributed by atoms with van der Waals surface area (Å²) >= 11 is 1.27. The summed E-state index contributed by atoms with van der Waals surface area (Å²) in [6.45, 7) is 3.27. The van der Waals surface area contributed by atoms with Gasteiger partial charge in [0.25, 0.3) is 0 Å². The van der Waals surface area contributed by atoms with Crippen LogP contribution in [0.4, 0.5) is 4.39 Å². The molecule has 0 spiro atoms. The molecule has 0 N–H and O–H groups in total. The number of Topliss-reactive ketones (excluding diaryl/α,β-unsaturated/α-hetero) is 1. The smallest absolute Gasteiger partial charge is 0.171 e. The molecule has 0 bridgehead atoms. The Morgan fingerprint density at radius 3 is 2.67 bits per heavy atom. The van der Waals surface area contributed by atoms with Gasteiger partial charge in [-0.1, -0.05) is 0 Å². The first-order chi connectivity index (χ1) is 8.52. The Morgan fingerprint density at radius 2 is 2.17 bits per heavy atom. The van der Waals surface area contributed by atoms with Crippen LogP contribution in [-0.4, -0.2) is 17.9 Å². The number of rotatable bonds is 3. The first-order valence-electron chi connectivity index (χ1n) is 5.35. The molecule has 0 aliphatic carbocycles. The van der Waals surface area contributed by atoms with Crippen LogP contribution in [0.15, 0.2) is 18.2 Å². The van der Waals surface area contributed by atoms with Crippen LogP contribution in [0, 0.1) is 12.7 Å². The molecule has 18 heavy (non-hydrogen) atoms. The Balaban J connectivity index is 2.46. The zero-order chi connectivity index (χ0) is 13.3. The van der Waals surface area contributed by atoms with Crippen molar-refractivity contribution in [2.45, 2.75) is 13.8 Å². The molecule has 2 aromatic rings. The molecule has 5 heteroatoms. The Kier molecular flexibility index (Phi) is 3.43. The molecule has 0 radical (unpaired) electrons. The maximum Gasteiger partial charge on any atom is 0.171 e. The number of benzene rings is 1. The van der Waals surface area contributed by atoms with Gasteiger partial charge in [0.2, 0.25) is 0 Å². The maximum absolute atomic E-state index is 13.6. The van der Waals surface area contributed by atoms with Crippen LogP contribution < -0.4 is 4.74 Å². The van der Waals surface area contributed by atoms with Crippen molar-refractivity contribution in [2.75, 3.05) is 7.11 Å². The van der Waals surface area contributed by atoms with Crippen molar-refractivity contribution >= 4 is 17.1 Å². The number of hydrogen-bond acceptors (Lipinski definition) is 4. The SMILES string of the molecule is COc1ccc(-c2nc(C)c(C(C)=O)s2)cc1F. The second kappa shape index (κ2) is 4.86. The fraction of sp³-hybridized carbons (Fsp3) is 0.231.